The normalized spacial score (nSPS) is 12.5. The third kappa shape index (κ3) is 3.60. The molecule has 23 heavy (non-hydrogen) atoms. The van der Waals surface area contributed by atoms with Crippen LogP contribution in [0.25, 0.3) is 0 Å². The van der Waals surface area contributed by atoms with Crippen LogP contribution < -0.4 is 19.9 Å². The number of carbonyl (C=O) groups is 2. The lowest BCUT2D eigenvalue weighted by atomic mass is 10.1. The van der Waals surface area contributed by atoms with Crippen LogP contribution in [0.2, 0.25) is 0 Å². The lowest BCUT2D eigenvalue weighted by Crippen LogP contribution is -2.24. The zero-order valence-electron chi connectivity index (χ0n) is 12.2. The van der Waals surface area contributed by atoms with Crippen LogP contribution in [0, 0.1) is 0 Å². The Morgan fingerprint density at radius 2 is 1.70 bits per heavy atom. The Bertz CT molecular complexity index is 739. The number of hydrogen-bond acceptors (Lipinski definition) is 5. The zero-order chi connectivity index (χ0) is 16.2. The van der Waals surface area contributed by atoms with Gasteiger partial charge in [-0.1, -0.05) is 12.1 Å². The Morgan fingerprint density at radius 1 is 1.00 bits per heavy atom. The molecule has 0 fully saturated rings. The van der Waals surface area contributed by atoms with E-state index >= 15 is 0 Å². The fraction of sp³-hybridized carbons (Fsp3) is 0.176. The largest absolute Gasteiger partial charge is 0.550 e. The molecule has 0 saturated carbocycles. The second-order valence-electron chi connectivity index (χ2n) is 5.06. The summed E-state index contributed by atoms with van der Waals surface area (Å²) in [5.41, 5.74) is 1.64. The Hall–Kier alpha value is -3.02. The number of benzene rings is 2. The molecule has 6 nitrogen and oxygen atoms in total. The summed E-state index contributed by atoms with van der Waals surface area (Å²) in [6.45, 7) is 0.953. The maximum absolute atomic E-state index is 12.3. The molecule has 1 amide bonds. The molecule has 0 aliphatic carbocycles. The molecular weight excluding hydrogens is 298 g/mol. The average Bonchev–Trinajstić information content (AvgIpc) is 2.55. The number of carboxylic acids is 1. The predicted octanol–water partition coefficient (Wildman–Crippen LogP) is 1.00. The van der Waals surface area contributed by atoms with Crippen LogP contribution in [-0.4, -0.2) is 25.1 Å². The molecule has 0 bridgehead atoms. The second-order valence-corrected chi connectivity index (χ2v) is 5.06. The Kier molecular flexibility index (Phi) is 4.14. The van der Waals surface area contributed by atoms with Crippen LogP contribution >= 0.6 is 0 Å². The first-order valence-corrected chi connectivity index (χ1v) is 7.11. The number of nitrogens with one attached hydrogen (secondary N) is 1. The molecule has 2 aromatic rings. The van der Waals surface area contributed by atoms with Gasteiger partial charge in [-0.15, -0.1) is 0 Å². The van der Waals surface area contributed by atoms with Gasteiger partial charge in [-0.3, -0.25) is 4.79 Å². The van der Waals surface area contributed by atoms with Crippen molar-refractivity contribution in [2.45, 2.75) is 6.42 Å². The lowest BCUT2D eigenvalue weighted by Gasteiger charge is -2.18. The molecule has 3 rings (SSSR count). The maximum atomic E-state index is 12.3. The number of ether oxygens (including phenoxy) is 2. The van der Waals surface area contributed by atoms with Crippen LogP contribution in [0.3, 0.4) is 0 Å². The standard InChI is InChI=1S/C17H15NO5/c19-16(20)9-11-1-4-13(5-2-11)18-17(21)12-3-6-14-15(10-12)23-8-7-22-14/h1-6,10H,7-9H2,(H,18,21)(H,19,20)/p-1. The number of carboxylic acid groups (broad SMARTS) is 1. The number of aliphatic carboxylic acids is 1. The minimum absolute atomic E-state index is 0.156. The van der Waals surface area contributed by atoms with E-state index in [1.165, 1.54) is 0 Å². The highest BCUT2D eigenvalue weighted by atomic mass is 16.6. The van der Waals surface area contributed by atoms with Crippen LogP contribution in [0.1, 0.15) is 15.9 Å². The maximum Gasteiger partial charge on any atom is 0.255 e. The first-order valence-electron chi connectivity index (χ1n) is 7.11. The molecule has 118 valence electrons. The lowest BCUT2D eigenvalue weighted by molar-refractivity contribution is -0.304. The summed E-state index contributed by atoms with van der Waals surface area (Å²) in [4.78, 5) is 22.8. The third-order valence-corrected chi connectivity index (χ3v) is 3.36. The monoisotopic (exact) mass is 312 g/mol. The van der Waals surface area contributed by atoms with Crippen molar-refractivity contribution in [2.75, 3.05) is 18.5 Å². The summed E-state index contributed by atoms with van der Waals surface area (Å²) in [7, 11) is 0. The molecular formula is C17H14NO5-. The number of fused-ring (bicyclic) bond motifs is 1. The summed E-state index contributed by atoms with van der Waals surface area (Å²) in [6.07, 6.45) is -0.156. The van der Waals surface area contributed by atoms with Crippen molar-refractivity contribution < 1.29 is 24.2 Å². The van der Waals surface area contributed by atoms with Crippen LogP contribution in [0.5, 0.6) is 11.5 Å². The van der Waals surface area contributed by atoms with Gasteiger partial charge in [0.15, 0.2) is 11.5 Å². The van der Waals surface area contributed by atoms with Crippen molar-refractivity contribution in [1.29, 1.82) is 0 Å². The van der Waals surface area contributed by atoms with Gasteiger partial charge < -0.3 is 24.7 Å². The highest BCUT2D eigenvalue weighted by Gasteiger charge is 2.15. The van der Waals surface area contributed by atoms with E-state index in [-0.39, 0.29) is 12.3 Å². The number of anilines is 1. The summed E-state index contributed by atoms with van der Waals surface area (Å²) in [6, 6.07) is 11.6. The fourth-order valence-corrected chi connectivity index (χ4v) is 2.26. The number of amides is 1. The smallest absolute Gasteiger partial charge is 0.255 e. The minimum atomic E-state index is -1.14. The molecule has 1 aliphatic rings. The molecule has 1 heterocycles. The first kappa shape index (κ1) is 14.9. The van der Waals surface area contributed by atoms with Gasteiger partial charge in [0.25, 0.3) is 5.91 Å². The third-order valence-electron chi connectivity index (χ3n) is 3.36. The SMILES string of the molecule is O=C([O-])Cc1ccc(NC(=O)c2ccc3c(c2)OCCO3)cc1. The Morgan fingerprint density at radius 3 is 2.39 bits per heavy atom. The van der Waals surface area contributed by atoms with E-state index in [9.17, 15) is 14.7 Å². The number of hydrogen-bond donors (Lipinski definition) is 1. The number of rotatable bonds is 4. The quantitative estimate of drug-likeness (QED) is 0.910. The van der Waals surface area contributed by atoms with E-state index in [1.54, 1.807) is 42.5 Å². The van der Waals surface area contributed by atoms with E-state index in [0.717, 1.165) is 0 Å². The van der Waals surface area contributed by atoms with Crippen molar-refractivity contribution in [3.8, 4) is 11.5 Å². The van der Waals surface area contributed by atoms with Crippen molar-refractivity contribution in [3.63, 3.8) is 0 Å². The van der Waals surface area contributed by atoms with Crippen molar-refractivity contribution in [1.82, 2.24) is 0 Å². The molecule has 1 N–H and O–H groups in total. The average molecular weight is 312 g/mol. The van der Waals surface area contributed by atoms with Gasteiger partial charge in [-0.05, 0) is 35.9 Å². The van der Waals surface area contributed by atoms with Gasteiger partial charge in [-0.25, -0.2) is 0 Å². The van der Waals surface area contributed by atoms with E-state index in [4.69, 9.17) is 9.47 Å². The van der Waals surface area contributed by atoms with Crippen molar-refractivity contribution in [3.05, 3.63) is 53.6 Å². The Balaban J connectivity index is 1.70. The molecule has 2 aromatic carbocycles. The molecule has 0 atom stereocenters. The summed E-state index contributed by atoms with van der Waals surface area (Å²) >= 11 is 0. The summed E-state index contributed by atoms with van der Waals surface area (Å²) in [5.74, 6) is -0.250. The van der Waals surface area contributed by atoms with Crippen molar-refractivity contribution >= 4 is 17.6 Å². The highest BCUT2D eigenvalue weighted by molar-refractivity contribution is 6.04. The molecule has 1 aliphatic heterocycles. The fourth-order valence-electron chi connectivity index (χ4n) is 2.26. The zero-order valence-corrected chi connectivity index (χ0v) is 12.2. The van der Waals surface area contributed by atoms with E-state index in [1.807, 2.05) is 0 Å². The summed E-state index contributed by atoms with van der Waals surface area (Å²) in [5, 5.41) is 13.3. The van der Waals surface area contributed by atoms with Crippen molar-refractivity contribution in [2.24, 2.45) is 0 Å². The molecule has 0 spiro atoms. The molecule has 0 aromatic heterocycles. The summed E-state index contributed by atoms with van der Waals surface area (Å²) < 4.78 is 10.9. The van der Waals surface area contributed by atoms with Crippen LogP contribution in [-0.2, 0) is 11.2 Å². The molecule has 0 radical (unpaired) electrons. The molecule has 0 unspecified atom stereocenters. The highest BCUT2D eigenvalue weighted by Crippen LogP contribution is 2.30. The van der Waals surface area contributed by atoms with Crippen LogP contribution in [0.4, 0.5) is 5.69 Å². The topological polar surface area (TPSA) is 87.7 Å². The minimum Gasteiger partial charge on any atom is -0.550 e. The van der Waals surface area contributed by atoms with Gasteiger partial charge in [0.2, 0.25) is 0 Å². The second kappa shape index (κ2) is 6.39. The molecule has 6 heteroatoms. The van der Waals surface area contributed by atoms with E-state index in [0.29, 0.717) is 41.5 Å². The van der Waals surface area contributed by atoms with Crippen LogP contribution in [0.15, 0.2) is 42.5 Å². The van der Waals surface area contributed by atoms with E-state index in [2.05, 4.69) is 5.32 Å². The van der Waals surface area contributed by atoms with Gasteiger partial charge in [0.05, 0.1) is 0 Å². The van der Waals surface area contributed by atoms with Gasteiger partial charge in [0, 0.05) is 23.6 Å². The Labute approximate surface area is 132 Å². The predicted molar refractivity (Wildman–Crippen MR) is 80.5 cm³/mol. The van der Waals surface area contributed by atoms with Gasteiger partial charge in [0.1, 0.15) is 13.2 Å². The van der Waals surface area contributed by atoms with E-state index < -0.39 is 5.97 Å². The first-order chi connectivity index (χ1) is 11.1. The van der Waals surface area contributed by atoms with Gasteiger partial charge in [-0.2, -0.15) is 0 Å². The van der Waals surface area contributed by atoms with Gasteiger partial charge >= 0.3 is 0 Å². The molecule has 0 saturated heterocycles. The number of carbonyl (C=O) groups excluding carboxylic acids is 2.